The van der Waals surface area contributed by atoms with E-state index in [2.05, 4.69) is 11.9 Å². The second-order valence-electron chi connectivity index (χ2n) is 3.76. The molecule has 0 fully saturated rings. The maximum atomic E-state index is 11.8. The second-order valence-corrected chi connectivity index (χ2v) is 3.76. The molecule has 0 amide bonds. The lowest BCUT2D eigenvalue weighted by Crippen LogP contribution is -2.12. The summed E-state index contributed by atoms with van der Waals surface area (Å²) in [5.74, 6) is 0.399. The van der Waals surface area contributed by atoms with Gasteiger partial charge in [0.25, 0.3) is 5.56 Å². The van der Waals surface area contributed by atoms with Crippen LogP contribution in [0, 0.1) is 0 Å². The van der Waals surface area contributed by atoms with E-state index in [4.69, 9.17) is 4.74 Å². The quantitative estimate of drug-likeness (QED) is 0.942. The highest BCUT2D eigenvalue weighted by molar-refractivity contribution is 5.89. The molecule has 0 bridgehead atoms. The second kappa shape index (κ2) is 7.29. The number of hydrogen-bond donors (Lipinski definition) is 1. The van der Waals surface area contributed by atoms with Crippen molar-refractivity contribution in [1.29, 1.82) is 0 Å². The average molecular weight is 290 g/mol. The van der Waals surface area contributed by atoms with Crippen LogP contribution in [-0.2, 0) is 6.42 Å². The van der Waals surface area contributed by atoms with E-state index in [1.54, 1.807) is 0 Å². The van der Waals surface area contributed by atoms with Gasteiger partial charge in [0.2, 0.25) is 0 Å². The Morgan fingerprint density at radius 2 is 1.78 bits per heavy atom. The molecule has 0 saturated carbocycles. The normalized spacial score (nSPS) is 9.44. The molecular formula is C13H17Cl2NO2. The van der Waals surface area contributed by atoms with Crippen LogP contribution >= 0.6 is 24.8 Å². The van der Waals surface area contributed by atoms with Gasteiger partial charge in [0.05, 0.1) is 7.11 Å². The number of ether oxygens (including phenoxy) is 1. The maximum Gasteiger partial charge on any atom is 0.291 e. The van der Waals surface area contributed by atoms with Gasteiger partial charge in [-0.1, -0.05) is 37.6 Å². The highest BCUT2D eigenvalue weighted by atomic mass is 35.5. The van der Waals surface area contributed by atoms with Crippen LogP contribution in [0.25, 0.3) is 10.8 Å². The summed E-state index contributed by atoms with van der Waals surface area (Å²) in [5, 5.41) is 1.96. The van der Waals surface area contributed by atoms with E-state index in [0.29, 0.717) is 5.75 Å². The highest BCUT2D eigenvalue weighted by Gasteiger charge is 2.09. The SMILES string of the molecule is CCCc1[nH]c(=O)c(OC)c2ccccc12.Cl.Cl. The summed E-state index contributed by atoms with van der Waals surface area (Å²) in [6, 6.07) is 7.82. The summed E-state index contributed by atoms with van der Waals surface area (Å²) in [7, 11) is 1.52. The molecule has 0 radical (unpaired) electrons. The van der Waals surface area contributed by atoms with Crippen molar-refractivity contribution in [2.75, 3.05) is 7.11 Å². The fourth-order valence-corrected chi connectivity index (χ4v) is 1.98. The molecule has 0 aliphatic heterocycles. The zero-order valence-corrected chi connectivity index (χ0v) is 12.0. The molecule has 2 rings (SSSR count). The minimum absolute atomic E-state index is 0. The van der Waals surface area contributed by atoms with E-state index in [1.807, 2.05) is 24.3 Å². The van der Waals surface area contributed by atoms with Crippen LogP contribution in [-0.4, -0.2) is 12.1 Å². The molecule has 0 atom stereocenters. The van der Waals surface area contributed by atoms with Gasteiger partial charge >= 0.3 is 0 Å². The van der Waals surface area contributed by atoms with E-state index in [0.717, 1.165) is 29.3 Å². The number of H-pyrrole nitrogens is 1. The topological polar surface area (TPSA) is 42.1 Å². The number of benzene rings is 1. The molecule has 2 aromatic rings. The molecular weight excluding hydrogens is 273 g/mol. The maximum absolute atomic E-state index is 11.8. The van der Waals surface area contributed by atoms with Gasteiger partial charge in [-0.3, -0.25) is 4.79 Å². The van der Waals surface area contributed by atoms with E-state index >= 15 is 0 Å². The van der Waals surface area contributed by atoms with Gasteiger partial charge < -0.3 is 9.72 Å². The first-order chi connectivity index (χ1) is 7.77. The Kier molecular flexibility index (Phi) is 6.81. The van der Waals surface area contributed by atoms with Gasteiger partial charge in [-0.2, -0.15) is 0 Å². The van der Waals surface area contributed by atoms with Gasteiger partial charge in [-0.15, -0.1) is 24.8 Å². The van der Waals surface area contributed by atoms with E-state index in [1.165, 1.54) is 7.11 Å². The third-order valence-corrected chi connectivity index (χ3v) is 2.67. The lowest BCUT2D eigenvalue weighted by Gasteiger charge is -2.08. The minimum atomic E-state index is -0.148. The largest absolute Gasteiger partial charge is 0.491 e. The number of hydrogen-bond acceptors (Lipinski definition) is 2. The van der Waals surface area contributed by atoms with Gasteiger partial charge in [-0.05, 0) is 6.42 Å². The van der Waals surface area contributed by atoms with Crippen LogP contribution in [0.5, 0.6) is 5.75 Å². The average Bonchev–Trinajstić information content (AvgIpc) is 2.30. The number of halogens is 2. The number of fused-ring (bicyclic) bond motifs is 1. The molecule has 0 spiro atoms. The monoisotopic (exact) mass is 289 g/mol. The third kappa shape index (κ3) is 2.98. The van der Waals surface area contributed by atoms with Crippen molar-refractivity contribution in [1.82, 2.24) is 4.98 Å². The Bertz CT molecular complexity index is 566. The first kappa shape index (κ1) is 16.8. The van der Waals surface area contributed by atoms with E-state index in [9.17, 15) is 4.79 Å². The molecule has 100 valence electrons. The lowest BCUT2D eigenvalue weighted by molar-refractivity contribution is 0.413. The summed E-state index contributed by atoms with van der Waals surface area (Å²) in [6.45, 7) is 2.09. The Balaban J connectivity index is 0.00000144. The Morgan fingerprint density at radius 3 is 2.33 bits per heavy atom. The number of nitrogens with one attached hydrogen (secondary N) is 1. The molecule has 0 aliphatic rings. The molecule has 3 nitrogen and oxygen atoms in total. The van der Waals surface area contributed by atoms with Crippen LogP contribution < -0.4 is 10.3 Å². The number of pyridine rings is 1. The van der Waals surface area contributed by atoms with Crippen molar-refractivity contribution < 1.29 is 4.74 Å². The Hall–Kier alpha value is -1.19. The van der Waals surface area contributed by atoms with Crippen LogP contribution in [0.4, 0.5) is 0 Å². The van der Waals surface area contributed by atoms with Crippen molar-refractivity contribution in [3.05, 3.63) is 40.3 Å². The van der Waals surface area contributed by atoms with Crippen LogP contribution in [0.2, 0.25) is 0 Å². The molecule has 5 heteroatoms. The molecule has 1 heterocycles. The number of aromatic nitrogens is 1. The first-order valence-corrected chi connectivity index (χ1v) is 5.45. The zero-order chi connectivity index (χ0) is 11.5. The third-order valence-electron chi connectivity index (χ3n) is 2.67. The molecule has 1 N–H and O–H groups in total. The molecule has 0 saturated heterocycles. The summed E-state index contributed by atoms with van der Waals surface area (Å²) in [5.41, 5.74) is 0.841. The van der Waals surface area contributed by atoms with Crippen molar-refractivity contribution >= 4 is 35.6 Å². The molecule has 0 aliphatic carbocycles. The summed E-state index contributed by atoms with van der Waals surface area (Å²) in [6.07, 6.45) is 1.88. The van der Waals surface area contributed by atoms with Crippen molar-refractivity contribution in [3.63, 3.8) is 0 Å². The Labute approximate surface area is 118 Å². The van der Waals surface area contributed by atoms with Crippen molar-refractivity contribution in [2.45, 2.75) is 19.8 Å². The summed E-state index contributed by atoms with van der Waals surface area (Å²) in [4.78, 5) is 14.7. The number of methoxy groups -OCH3 is 1. The van der Waals surface area contributed by atoms with E-state index < -0.39 is 0 Å². The van der Waals surface area contributed by atoms with Gasteiger partial charge in [0, 0.05) is 16.5 Å². The fourth-order valence-electron chi connectivity index (χ4n) is 1.98. The van der Waals surface area contributed by atoms with Crippen molar-refractivity contribution in [2.24, 2.45) is 0 Å². The Morgan fingerprint density at radius 1 is 1.17 bits per heavy atom. The lowest BCUT2D eigenvalue weighted by atomic mass is 10.1. The number of rotatable bonds is 3. The van der Waals surface area contributed by atoms with E-state index in [-0.39, 0.29) is 30.4 Å². The molecule has 18 heavy (non-hydrogen) atoms. The van der Waals surface area contributed by atoms with Crippen LogP contribution in [0.3, 0.4) is 0 Å². The smallest absolute Gasteiger partial charge is 0.291 e. The number of aromatic amines is 1. The minimum Gasteiger partial charge on any atom is -0.491 e. The predicted octanol–water partition coefficient (Wildman–Crippen LogP) is 3.33. The number of aryl methyl sites for hydroxylation is 1. The molecule has 1 aromatic carbocycles. The van der Waals surface area contributed by atoms with Gasteiger partial charge in [0.1, 0.15) is 0 Å². The van der Waals surface area contributed by atoms with Crippen molar-refractivity contribution in [3.8, 4) is 5.75 Å². The van der Waals surface area contributed by atoms with Gasteiger partial charge in [-0.25, -0.2) is 0 Å². The van der Waals surface area contributed by atoms with Crippen LogP contribution in [0.1, 0.15) is 19.0 Å². The summed E-state index contributed by atoms with van der Waals surface area (Å²) < 4.78 is 5.15. The standard InChI is InChI=1S/C13H15NO2.2ClH/c1-3-6-11-9-7-4-5-8-10(9)12(16-2)13(15)14-11;;/h4-5,7-8H,3,6H2,1-2H3,(H,14,15);2*1H. The predicted molar refractivity (Wildman–Crippen MR) is 79.6 cm³/mol. The first-order valence-electron chi connectivity index (χ1n) is 5.45. The fraction of sp³-hybridized carbons (Fsp3) is 0.308. The molecule has 1 aromatic heterocycles. The zero-order valence-electron chi connectivity index (χ0n) is 10.4. The van der Waals surface area contributed by atoms with Crippen LogP contribution in [0.15, 0.2) is 29.1 Å². The highest BCUT2D eigenvalue weighted by Crippen LogP contribution is 2.23. The summed E-state index contributed by atoms with van der Waals surface area (Å²) >= 11 is 0. The van der Waals surface area contributed by atoms with Gasteiger partial charge in [0.15, 0.2) is 5.75 Å². The molecule has 0 unspecified atom stereocenters.